The average molecular weight is 280 g/mol. The molecule has 2 aromatic heterocycles. The van der Waals surface area contributed by atoms with Gasteiger partial charge in [-0.1, -0.05) is 23.6 Å². The Bertz CT molecular complexity index is 545. The molecule has 0 aromatic carbocycles. The summed E-state index contributed by atoms with van der Waals surface area (Å²) in [5, 5.41) is 4.15. The van der Waals surface area contributed by atoms with E-state index in [0.29, 0.717) is 6.54 Å². The van der Waals surface area contributed by atoms with Crippen LogP contribution in [-0.2, 0) is 5.75 Å². The molecule has 0 unspecified atom stereocenters. The van der Waals surface area contributed by atoms with E-state index in [2.05, 4.69) is 33.7 Å². The van der Waals surface area contributed by atoms with Gasteiger partial charge in [0.2, 0.25) is 0 Å². The van der Waals surface area contributed by atoms with Crippen LogP contribution in [-0.4, -0.2) is 11.5 Å². The predicted octanol–water partition coefficient (Wildman–Crippen LogP) is 3.12. The van der Waals surface area contributed by atoms with E-state index < -0.39 is 0 Å². The van der Waals surface area contributed by atoms with Crippen molar-refractivity contribution in [2.45, 2.75) is 17.0 Å². The van der Waals surface area contributed by atoms with Gasteiger partial charge in [0.25, 0.3) is 0 Å². The Labute approximate surface area is 113 Å². The van der Waals surface area contributed by atoms with Gasteiger partial charge in [-0.15, -0.1) is 22.7 Å². The molecule has 17 heavy (non-hydrogen) atoms. The molecule has 0 fully saturated rings. The minimum absolute atomic E-state index is 0.415. The zero-order valence-corrected chi connectivity index (χ0v) is 11.8. The van der Waals surface area contributed by atoms with Gasteiger partial charge in [-0.25, -0.2) is 4.98 Å². The Kier molecular flexibility index (Phi) is 4.63. The monoisotopic (exact) mass is 280 g/mol. The van der Waals surface area contributed by atoms with Crippen LogP contribution < -0.4 is 5.73 Å². The van der Waals surface area contributed by atoms with E-state index in [1.165, 1.54) is 4.88 Å². The Morgan fingerprint density at radius 1 is 1.41 bits per heavy atom. The molecule has 0 radical (unpaired) electrons. The number of thiophene rings is 1. The van der Waals surface area contributed by atoms with Crippen LogP contribution in [0.1, 0.15) is 16.1 Å². The fourth-order valence-corrected chi connectivity index (χ4v) is 3.93. The second kappa shape index (κ2) is 6.22. The van der Waals surface area contributed by atoms with Crippen molar-refractivity contribution in [1.29, 1.82) is 0 Å². The SMILES string of the molecule is Cc1csc(SCc2cc(C#CCN)cs2)n1. The molecule has 5 heteroatoms. The van der Waals surface area contributed by atoms with E-state index in [9.17, 15) is 0 Å². The second-order valence-corrected chi connectivity index (χ2v) is 6.43. The molecule has 0 spiro atoms. The number of hydrogen-bond donors (Lipinski definition) is 1. The molecule has 2 aromatic rings. The first kappa shape index (κ1) is 12.7. The summed E-state index contributed by atoms with van der Waals surface area (Å²) in [6, 6.07) is 2.13. The molecular formula is C12H12N2S3. The molecule has 0 aliphatic heterocycles. The number of hydrogen-bond acceptors (Lipinski definition) is 5. The molecule has 2 heterocycles. The molecule has 0 aliphatic carbocycles. The van der Waals surface area contributed by atoms with Gasteiger partial charge in [-0.05, 0) is 13.0 Å². The first-order valence-electron chi connectivity index (χ1n) is 5.09. The molecule has 0 aliphatic rings. The summed E-state index contributed by atoms with van der Waals surface area (Å²) < 4.78 is 1.13. The zero-order chi connectivity index (χ0) is 12.1. The molecule has 0 saturated carbocycles. The molecule has 2 nitrogen and oxygen atoms in total. The summed E-state index contributed by atoms with van der Waals surface area (Å²) in [7, 11) is 0. The van der Waals surface area contributed by atoms with Crippen LogP contribution in [0.5, 0.6) is 0 Å². The van der Waals surface area contributed by atoms with Crippen LogP contribution in [0.15, 0.2) is 21.2 Å². The highest BCUT2D eigenvalue weighted by Gasteiger charge is 2.02. The van der Waals surface area contributed by atoms with E-state index in [-0.39, 0.29) is 0 Å². The molecule has 2 N–H and O–H groups in total. The maximum atomic E-state index is 5.34. The molecule has 0 atom stereocenters. The number of nitrogens with zero attached hydrogens (tertiary/aromatic N) is 1. The fourth-order valence-electron chi connectivity index (χ4n) is 1.21. The van der Waals surface area contributed by atoms with Gasteiger partial charge in [0.15, 0.2) is 0 Å². The van der Waals surface area contributed by atoms with Crippen LogP contribution in [0.4, 0.5) is 0 Å². The Balaban J connectivity index is 1.93. The summed E-state index contributed by atoms with van der Waals surface area (Å²) in [6.45, 7) is 2.44. The Hall–Kier alpha value is -0.800. The normalized spacial score (nSPS) is 10.0. The minimum atomic E-state index is 0.415. The average Bonchev–Trinajstić information content (AvgIpc) is 2.93. The molecule has 88 valence electrons. The lowest BCUT2D eigenvalue weighted by molar-refractivity contribution is 1.16. The topological polar surface area (TPSA) is 38.9 Å². The van der Waals surface area contributed by atoms with E-state index in [4.69, 9.17) is 5.73 Å². The number of thiazole rings is 1. The first-order chi connectivity index (χ1) is 8.28. The highest BCUT2D eigenvalue weighted by Crippen LogP contribution is 2.28. The minimum Gasteiger partial charge on any atom is -0.320 e. The van der Waals surface area contributed by atoms with Gasteiger partial charge in [-0.3, -0.25) is 0 Å². The van der Waals surface area contributed by atoms with Crippen molar-refractivity contribution in [3.05, 3.63) is 33.0 Å². The largest absolute Gasteiger partial charge is 0.320 e. The van der Waals surface area contributed by atoms with E-state index in [0.717, 1.165) is 21.3 Å². The van der Waals surface area contributed by atoms with Crippen molar-refractivity contribution in [2.75, 3.05) is 6.54 Å². The summed E-state index contributed by atoms with van der Waals surface area (Å²) in [5.41, 5.74) is 7.50. The third-order valence-corrected chi connectivity index (χ3v) is 5.23. The quantitative estimate of drug-likeness (QED) is 0.693. The van der Waals surface area contributed by atoms with E-state index >= 15 is 0 Å². The molecule has 2 rings (SSSR count). The number of aryl methyl sites for hydroxylation is 1. The molecular weight excluding hydrogens is 268 g/mol. The van der Waals surface area contributed by atoms with Crippen LogP contribution in [0, 0.1) is 18.8 Å². The van der Waals surface area contributed by atoms with Gasteiger partial charge in [-0.2, -0.15) is 0 Å². The van der Waals surface area contributed by atoms with Crippen LogP contribution in [0.2, 0.25) is 0 Å². The number of thioether (sulfide) groups is 1. The van der Waals surface area contributed by atoms with Crippen molar-refractivity contribution in [3.63, 3.8) is 0 Å². The lowest BCUT2D eigenvalue weighted by Crippen LogP contribution is -1.92. The summed E-state index contributed by atoms with van der Waals surface area (Å²) >= 11 is 5.22. The van der Waals surface area contributed by atoms with Gasteiger partial charge in [0.1, 0.15) is 4.34 Å². The molecule has 0 saturated heterocycles. The van der Waals surface area contributed by atoms with Crippen molar-refractivity contribution in [2.24, 2.45) is 5.73 Å². The van der Waals surface area contributed by atoms with Crippen molar-refractivity contribution >= 4 is 34.4 Å². The molecule has 0 bridgehead atoms. The smallest absolute Gasteiger partial charge is 0.150 e. The van der Waals surface area contributed by atoms with Gasteiger partial charge in [0, 0.05) is 32.6 Å². The lowest BCUT2D eigenvalue weighted by Gasteiger charge is -1.92. The third-order valence-electron chi connectivity index (χ3n) is 1.92. The predicted molar refractivity (Wildman–Crippen MR) is 76.7 cm³/mol. The maximum Gasteiger partial charge on any atom is 0.150 e. The number of nitrogens with two attached hydrogens (primary N) is 1. The lowest BCUT2D eigenvalue weighted by atomic mass is 10.3. The third kappa shape index (κ3) is 3.86. The van der Waals surface area contributed by atoms with Crippen molar-refractivity contribution in [1.82, 2.24) is 4.98 Å². The van der Waals surface area contributed by atoms with Crippen LogP contribution >= 0.6 is 34.4 Å². The maximum absolute atomic E-state index is 5.34. The van der Waals surface area contributed by atoms with Gasteiger partial charge in [0.05, 0.1) is 6.54 Å². The standard InChI is InChI=1S/C12H12N2S3/c1-9-6-16-12(14-9)17-8-11-5-10(7-15-11)3-2-4-13/h5-7H,4,8,13H2,1H3. The number of rotatable bonds is 3. The van der Waals surface area contributed by atoms with Crippen LogP contribution in [0.25, 0.3) is 0 Å². The summed E-state index contributed by atoms with van der Waals surface area (Å²) in [6.07, 6.45) is 0. The van der Waals surface area contributed by atoms with Crippen molar-refractivity contribution in [3.8, 4) is 11.8 Å². The molecule has 0 amide bonds. The highest BCUT2D eigenvalue weighted by molar-refractivity contribution is 8.00. The van der Waals surface area contributed by atoms with Gasteiger partial charge < -0.3 is 5.73 Å². The van der Waals surface area contributed by atoms with Gasteiger partial charge >= 0.3 is 0 Å². The second-order valence-electron chi connectivity index (χ2n) is 3.35. The summed E-state index contributed by atoms with van der Waals surface area (Å²) in [4.78, 5) is 5.75. The Morgan fingerprint density at radius 2 is 2.29 bits per heavy atom. The zero-order valence-electron chi connectivity index (χ0n) is 9.40. The fraction of sp³-hybridized carbons (Fsp3) is 0.250. The summed E-state index contributed by atoms with van der Waals surface area (Å²) in [5.74, 6) is 6.86. The Morgan fingerprint density at radius 3 is 3.00 bits per heavy atom. The van der Waals surface area contributed by atoms with Crippen LogP contribution in [0.3, 0.4) is 0 Å². The highest BCUT2D eigenvalue weighted by atomic mass is 32.2. The van der Waals surface area contributed by atoms with Crippen molar-refractivity contribution < 1.29 is 0 Å². The number of aromatic nitrogens is 1. The van der Waals surface area contributed by atoms with E-state index in [1.54, 1.807) is 34.4 Å². The van der Waals surface area contributed by atoms with E-state index in [1.807, 2.05) is 6.92 Å². The first-order valence-corrected chi connectivity index (χ1v) is 7.83.